The summed E-state index contributed by atoms with van der Waals surface area (Å²) >= 11 is 0. The van der Waals surface area contributed by atoms with Gasteiger partial charge in [-0.15, -0.1) is 0 Å². The van der Waals surface area contributed by atoms with E-state index >= 15 is 0 Å². The van der Waals surface area contributed by atoms with Gasteiger partial charge in [0.1, 0.15) is 11.6 Å². The molecule has 1 aliphatic carbocycles. The van der Waals surface area contributed by atoms with Crippen LogP contribution in [0, 0.1) is 6.90 Å². The number of nitrogen functional groups attached to an aromatic ring is 1. The van der Waals surface area contributed by atoms with Crippen LogP contribution in [0.1, 0.15) is 40.6 Å². The molecule has 1 saturated carbocycles. The molecule has 21 heavy (non-hydrogen) atoms. The largest absolute Gasteiger partial charge is 0.398 e. The third-order valence-electron chi connectivity index (χ3n) is 3.08. The van der Waals surface area contributed by atoms with Crippen molar-refractivity contribution in [2.45, 2.75) is 32.1 Å². The van der Waals surface area contributed by atoms with Gasteiger partial charge in [0.05, 0.1) is 27.5 Å². The van der Waals surface area contributed by atoms with Crippen molar-refractivity contribution in [1.29, 1.82) is 0 Å². The molecule has 0 saturated heterocycles. The van der Waals surface area contributed by atoms with E-state index in [1.54, 1.807) is 0 Å². The van der Waals surface area contributed by atoms with Gasteiger partial charge in [-0.25, -0.2) is 4.98 Å². The summed E-state index contributed by atoms with van der Waals surface area (Å²) in [5.41, 5.74) is 4.13. The van der Waals surface area contributed by atoms with E-state index in [1.807, 2.05) is 0 Å². The number of benzene rings is 1. The molecule has 0 amide bonds. The van der Waals surface area contributed by atoms with Gasteiger partial charge in [-0.1, -0.05) is 6.04 Å². The van der Waals surface area contributed by atoms with E-state index in [1.165, 1.54) is 0 Å². The van der Waals surface area contributed by atoms with Gasteiger partial charge in [-0.3, -0.25) is 19.0 Å². The molecule has 0 radical (unpaired) electrons. The predicted octanol–water partition coefficient (Wildman–Crippen LogP) is 1.15. The molecule has 1 aromatic heterocycles. The Morgan fingerprint density at radius 1 is 1.57 bits per heavy atom. The maximum atomic E-state index is 13.1. The van der Waals surface area contributed by atoms with E-state index in [4.69, 9.17) is 15.3 Å². The standard InChI is InChI=1S/C15H15N3O3/c1-8-17-11-4-2-3-10(16)14(11)15(21)18(8)12-6-5-9(19)7-13(12)20/h2-4,12H,5-7,16H2,1H3/i1D,2D,3D,5D2,6D,12D. The summed E-state index contributed by atoms with van der Waals surface area (Å²) in [4.78, 5) is 41.5. The predicted molar refractivity (Wildman–Crippen MR) is 78.1 cm³/mol. The second-order valence-electron chi connectivity index (χ2n) is 4.45. The van der Waals surface area contributed by atoms with Crippen LogP contribution in [0.4, 0.5) is 5.69 Å². The molecule has 0 aliphatic heterocycles. The van der Waals surface area contributed by atoms with Crippen molar-refractivity contribution in [3.8, 4) is 0 Å². The first kappa shape index (κ1) is 7.49. The Morgan fingerprint density at radius 2 is 2.38 bits per heavy atom. The van der Waals surface area contributed by atoms with E-state index in [2.05, 4.69) is 4.98 Å². The monoisotopic (exact) mass is 292 g/mol. The van der Waals surface area contributed by atoms with Crippen molar-refractivity contribution in [3.05, 3.63) is 34.3 Å². The fourth-order valence-corrected chi connectivity index (χ4v) is 2.14. The van der Waals surface area contributed by atoms with Crippen LogP contribution in [0.25, 0.3) is 10.9 Å². The van der Waals surface area contributed by atoms with Gasteiger partial charge in [0.25, 0.3) is 5.56 Å². The zero-order valence-corrected chi connectivity index (χ0v) is 10.8. The molecular weight excluding hydrogens is 270 g/mol. The number of ketones is 2. The number of rotatable bonds is 1. The third kappa shape index (κ3) is 2.12. The number of hydrogen-bond donors (Lipinski definition) is 1. The molecule has 1 fully saturated rings. The molecule has 108 valence electrons. The van der Waals surface area contributed by atoms with Crippen molar-refractivity contribution in [3.63, 3.8) is 0 Å². The topological polar surface area (TPSA) is 95.0 Å². The Balaban J connectivity index is 2.46. The number of hydrogen-bond acceptors (Lipinski definition) is 5. The molecular formula is C15H15N3O3. The normalized spacial score (nSPS) is 33.3. The molecule has 1 aromatic carbocycles. The molecule has 6 nitrogen and oxygen atoms in total. The Hall–Kier alpha value is -2.50. The summed E-state index contributed by atoms with van der Waals surface area (Å²) in [6.07, 6.45) is -6.15. The molecule has 1 aliphatic rings. The number of Topliss-reactive ketones (excluding diaryl/α,β-unsaturated/α-hetero) is 2. The van der Waals surface area contributed by atoms with Gasteiger partial charge in [-0.05, 0) is 25.4 Å². The summed E-state index contributed by atoms with van der Waals surface area (Å²) in [7, 11) is 0. The highest BCUT2D eigenvalue weighted by atomic mass is 16.2. The number of anilines is 1. The molecule has 0 bridgehead atoms. The average molecular weight is 292 g/mol. The minimum atomic E-state index is -2.87. The Kier molecular flexibility index (Phi) is 1.71. The van der Waals surface area contributed by atoms with Crippen LogP contribution in [0.5, 0.6) is 0 Å². The van der Waals surface area contributed by atoms with Crippen LogP contribution >= 0.6 is 0 Å². The minimum absolute atomic E-state index is 0.116. The highest BCUT2D eigenvalue weighted by Crippen LogP contribution is 2.24. The highest BCUT2D eigenvalue weighted by molar-refractivity contribution is 6.03. The highest BCUT2D eigenvalue weighted by Gasteiger charge is 2.30. The fraction of sp³-hybridized carbons (Fsp3) is 0.333. The molecule has 2 aromatic rings. The summed E-state index contributed by atoms with van der Waals surface area (Å²) in [6.45, 7) is -0.696. The molecule has 2 atom stereocenters. The summed E-state index contributed by atoms with van der Waals surface area (Å²) in [6, 6.07) is -2.56. The fourth-order valence-electron chi connectivity index (χ4n) is 2.14. The molecule has 0 spiro atoms. The van der Waals surface area contributed by atoms with E-state index in [9.17, 15) is 14.4 Å². The van der Waals surface area contributed by atoms with E-state index in [-0.39, 0.29) is 16.9 Å². The zero-order valence-electron chi connectivity index (χ0n) is 17.8. The first-order valence-electron chi connectivity index (χ1n) is 9.77. The number of aryl methyl sites for hydroxylation is 1. The lowest BCUT2D eigenvalue weighted by molar-refractivity contribution is -0.132. The van der Waals surface area contributed by atoms with E-state index < -0.39 is 66.8 Å². The lowest BCUT2D eigenvalue weighted by Gasteiger charge is -2.24. The van der Waals surface area contributed by atoms with Gasteiger partial charge < -0.3 is 5.73 Å². The lowest BCUT2D eigenvalue weighted by Crippen LogP contribution is -2.36. The smallest absolute Gasteiger partial charge is 0.264 e. The van der Waals surface area contributed by atoms with Crippen LogP contribution < -0.4 is 11.3 Å². The maximum absolute atomic E-state index is 13.1. The second kappa shape index (κ2) is 4.80. The van der Waals surface area contributed by atoms with Crippen molar-refractivity contribution < 1.29 is 19.2 Å². The summed E-state index contributed by atoms with van der Waals surface area (Å²) in [5, 5.41) is -0.373. The van der Waals surface area contributed by atoms with Gasteiger partial charge in [0.2, 0.25) is 0 Å². The Labute approximate surface area is 130 Å². The number of carbonyl (C=O) groups excluding carboxylic acids is 2. The first-order chi connectivity index (χ1) is 12.9. The van der Waals surface area contributed by atoms with Crippen LogP contribution in [-0.2, 0) is 9.59 Å². The Bertz CT molecular complexity index is 1100. The SMILES string of the molecule is [2H]Cc1nc2cc([2H])c([2H])c(N)c2c(=O)n1C1([2H])C(=O)CC(=O)C([2H])([2H])C1[2H]. The van der Waals surface area contributed by atoms with Gasteiger partial charge in [-0.2, -0.15) is 0 Å². The van der Waals surface area contributed by atoms with E-state index in [0.717, 1.165) is 6.07 Å². The van der Waals surface area contributed by atoms with Crippen molar-refractivity contribution in [1.82, 2.24) is 9.55 Å². The molecule has 6 heteroatoms. The summed E-state index contributed by atoms with van der Waals surface area (Å²) < 4.78 is 55.7. The Morgan fingerprint density at radius 3 is 3.14 bits per heavy atom. The minimum Gasteiger partial charge on any atom is -0.398 e. The third-order valence-corrected chi connectivity index (χ3v) is 3.08. The maximum Gasteiger partial charge on any atom is 0.264 e. The quantitative estimate of drug-likeness (QED) is 0.628. The summed E-state index contributed by atoms with van der Waals surface area (Å²) in [5.74, 6) is -2.76. The number of nitrogens with zero attached hydrogens (tertiary/aromatic N) is 2. The van der Waals surface area contributed by atoms with Crippen LogP contribution in [0.2, 0.25) is 0 Å². The number of nitrogens with two attached hydrogens (primary N) is 1. The van der Waals surface area contributed by atoms with Crippen molar-refractivity contribution in [2.75, 3.05) is 5.73 Å². The average Bonchev–Trinajstić information content (AvgIpc) is 2.63. The van der Waals surface area contributed by atoms with Crippen LogP contribution in [0.15, 0.2) is 22.9 Å². The zero-order chi connectivity index (χ0) is 21.2. The van der Waals surface area contributed by atoms with Gasteiger partial charge >= 0.3 is 0 Å². The molecule has 2 unspecified atom stereocenters. The number of carbonyl (C=O) groups is 2. The number of aromatic nitrogens is 2. The molecule has 1 heterocycles. The van der Waals surface area contributed by atoms with Gasteiger partial charge in [0.15, 0.2) is 5.78 Å². The van der Waals surface area contributed by atoms with Crippen LogP contribution in [0.3, 0.4) is 0 Å². The van der Waals surface area contributed by atoms with Crippen molar-refractivity contribution in [2.24, 2.45) is 0 Å². The van der Waals surface area contributed by atoms with Crippen LogP contribution in [-0.4, -0.2) is 21.1 Å². The van der Waals surface area contributed by atoms with Gasteiger partial charge in [0, 0.05) is 17.5 Å². The number of fused-ring (bicyclic) bond motifs is 1. The lowest BCUT2D eigenvalue weighted by atomic mass is 9.92. The van der Waals surface area contributed by atoms with E-state index in [0.29, 0.717) is 4.57 Å². The molecule has 3 rings (SSSR count). The van der Waals surface area contributed by atoms with Crippen molar-refractivity contribution >= 4 is 28.2 Å². The molecule has 2 N–H and O–H groups in total. The second-order valence-corrected chi connectivity index (χ2v) is 4.45. The first-order valence-corrected chi connectivity index (χ1v) is 5.98.